The fourth-order valence-electron chi connectivity index (χ4n) is 1.69. The molecule has 0 aromatic rings. The lowest BCUT2D eigenvalue weighted by molar-refractivity contribution is -0.170. The number of halogens is 1. The summed E-state index contributed by atoms with van der Waals surface area (Å²) in [5.41, 5.74) is -1.57. The molecule has 0 aliphatic carbocycles. The Kier molecular flexibility index (Phi) is 6.69. The third-order valence-electron chi connectivity index (χ3n) is 2.49. The number of carbonyl (C=O) groups excluding carboxylic acids is 1. The quantitative estimate of drug-likeness (QED) is 0.516. The second-order valence-corrected chi connectivity index (χ2v) is 3.65. The zero-order chi connectivity index (χ0) is 12.6. The van der Waals surface area contributed by atoms with E-state index in [1.165, 1.54) is 0 Å². The number of aliphatic carboxylic acids is 1. The van der Waals surface area contributed by atoms with Crippen molar-refractivity contribution in [1.29, 1.82) is 0 Å². The number of hydrogen-bond donors (Lipinski definition) is 1. The number of alkyl halides is 1. The van der Waals surface area contributed by atoms with Crippen molar-refractivity contribution in [2.45, 2.75) is 39.5 Å². The first-order chi connectivity index (χ1) is 7.55. The molecule has 0 saturated carbocycles. The van der Waals surface area contributed by atoms with E-state index >= 15 is 0 Å². The summed E-state index contributed by atoms with van der Waals surface area (Å²) >= 11 is 0. The molecule has 0 amide bonds. The molecule has 0 aromatic carbocycles. The molecule has 0 saturated heterocycles. The predicted octanol–water partition coefficient (Wildman–Crippen LogP) is 2.17. The van der Waals surface area contributed by atoms with Gasteiger partial charge in [0.05, 0.1) is 13.3 Å². The lowest BCUT2D eigenvalue weighted by Gasteiger charge is -2.26. The molecule has 0 bridgehead atoms. The van der Waals surface area contributed by atoms with Crippen molar-refractivity contribution in [3.8, 4) is 0 Å². The molecule has 0 aromatic heterocycles. The third-order valence-corrected chi connectivity index (χ3v) is 2.49. The monoisotopic (exact) mass is 234 g/mol. The summed E-state index contributed by atoms with van der Waals surface area (Å²) in [4.78, 5) is 22.9. The van der Waals surface area contributed by atoms with Crippen LogP contribution in [0.4, 0.5) is 4.39 Å². The van der Waals surface area contributed by atoms with E-state index in [9.17, 15) is 14.0 Å². The van der Waals surface area contributed by atoms with Gasteiger partial charge in [-0.15, -0.1) is 0 Å². The van der Waals surface area contributed by atoms with Gasteiger partial charge in [-0.05, 0) is 26.2 Å². The summed E-state index contributed by atoms with van der Waals surface area (Å²) in [6.07, 6.45) is 0.773. The molecule has 0 rings (SSSR count). The van der Waals surface area contributed by atoms with Crippen LogP contribution in [0.15, 0.2) is 0 Å². The van der Waals surface area contributed by atoms with E-state index in [1.807, 2.05) is 0 Å². The number of carboxylic acid groups (broad SMARTS) is 1. The zero-order valence-corrected chi connectivity index (χ0v) is 9.79. The topological polar surface area (TPSA) is 63.6 Å². The summed E-state index contributed by atoms with van der Waals surface area (Å²) in [7, 11) is 0. The highest BCUT2D eigenvalue weighted by Crippen LogP contribution is 2.32. The maximum atomic E-state index is 12.1. The smallest absolute Gasteiger partial charge is 0.323 e. The van der Waals surface area contributed by atoms with E-state index in [0.717, 1.165) is 0 Å². The van der Waals surface area contributed by atoms with Gasteiger partial charge < -0.3 is 9.84 Å². The molecular weight excluding hydrogens is 215 g/mol. The SMILES string of the molecule is CCCC(CCCF)(C(=O)O)C(=O)OCC. The van der Waals surface area contributed by atoms with Crippen LogP contribution in [0, 0.1) is 5.41 Å². The second-order valence-electron chi connectivity index (χ2n) is 3.65. The fraction of sp³-hybridized carbons (Fsp3) is 0.818. The largest absolute Gasteiger partial charge is 0.480 e. The normalized spacial score (nSPS) is 14.2. The van der Waals surface area contributed by atoms with E-state index in [2.05, 4.69) is 0 Å². The van der Waals surface area contributed by atoms with E-state index in [-0.39, 0.29) is 25.9 Å². The number of esters is 1. The van der Waals surface area contributed by atoms with Crippen LogP contribution in [0.3, 0.4) is 0 Å². The van der Waals surface area contributed by atoms with E-state index in [0.29, 0.717) is 6.42 Å². The number of carbonyl (C=O) groups is 2. The Morgan fingerprint density at radius 3 is 2.31 bits per heavy atom. The highest BCUT2D eigenvalue weighted by atomic mass is 19.1. The minimum Gasteiger partial charge on any atom is -0.480 e. The van der Waals surface area contributed by atoms with Gasteiger partial charge in [0.1, 0.15) is 0 Å². The molecule has 4 nitrogen and oxygen atoms in total. The van der Waals surface area contributed by atoms with Crippen molar-refractivity contribution in [2.75, 3.05) is 13.3 Å². The Morgan fingerprint density at radius 2 is 1.94 bits per heavy atom. The van der Waals surface area contributed by atoms with Crippen LogP contribution in [0.5, 0.6) is 0 Å². The van der Waals surface area contributed by atoms with Crippen molar-refractivity contribution in [1.82, 2.24) is 0 Å². The number of hydrogen-bond acceptors (Lipinski definition) is 3. The maximum Gasteiger partial charge on any atom is 0.323 e. The molecule has 0 heterocycles. The molecule has 0 aliphatic rings. The maximum absolute atomic E-state index is 12.1. The fourth-order valence-corrected chi connectivity index (χ4v) is 1.69. The summed E-state index contributed by atoms with van der Waals surface area (Å²) in [6, 6.07) is 0. The van der Waals surface area contributed by atoms with Gasteiger partial charge in [0.15, 0.2) is 5.41 Å². The van der Waals surface area contributed by atoms with E-state index < -0.39 is 24.0 Å². The first-order valence-corrected chi connectivity index (χ1v) is 5.51. The van der Waals surface area contributed by atoms with E-state index in [1.54, 1.807) is 13.8 Å². The van der Waals surface area contributed by atoms with Gasteiger partial charge in [-0.1, -0.05) is 13.3 Å². The molecule has 0 spiro atoms. The molecule has 5 heteroatoms. The van der Waals surface area contributed by atoms with Gasteiger partial charge >= 0.3 is 11.9 Å². The van der Waals surface area contributed by atoms with Crippen molar-refractivity contribution in [3.05, 3.63) is 0 Å². The summed E-state index contributed by atoms with van der Waals surface area (Å²) in [5.74, 6) is -1.97. The molecular formula is C11H19FO4. The molecule has 1 unspecified atom stereocenters. The minimum absolute atomic E-state index is 0.00843. The number of ether oxygens (including phenoxy) is 1. The molecule has 94 valence electrons. The van der Waals surface area contributed by atoms with Crippen LogP contribution in [-0.4, -0.2) is 30.3 Å². The molecule has 0 aliphatic heterocycles. The molecule has 16 heavy (non-hydrogen) atoms. The minimum atomic E-state index is -1.57. The highest BCUT2D eigenvalue weighted by molar-refractivity contribution is 5.99. The highest BCUT2D eigenvalue weighted by Gasteiger charge is 2.46. The van der Waals surface area contributed by atoms with Crippen LogP contribution < -0.4 is 0 Å². The molecule has 0 fully saturated rings. The van der Waals surface area contributed by atoms with Gasteiger partial charge in [0.2, 0.25) is 0 Å². The van der Waals surface area contributed by atoms with Crippen LogP contribution >= 0.6 is 0 Å². The van der Waals surface area contributed by atoms with Gasteiger partial charge in [-0.25, -0.2) is 0 Å². The zero-order valence-electron chi connectivity index (χ0n) is 9.79. The summed E-state index contributed by atoms with van der Waals surface area (Å²) in [6.45, 7) is 2.91. The Morgan fingerprint density at radius 1 is 1.31 bits per heavy atom. The predicted molar refractivity (Wildman–Crippen MR) is 56.8 cm³/mol. The van der Waals surface area contributed by atoms with Crippen molar-refractivity contribution in [2.24, 2.45) is 5.41 Å². The lowest BCUT2D eigenvalue weighted by Crippen LogP contribution is -2.41. The van der Waals surface area contributed by atoms with Crippen molar-refractivity contribution in [3.63, 3.8) is 0 Å². The van der Waals surface area contributed by atoms with Gasteiger partial charge in [0, 0.05) is 0 Å². The van der Waals surface area contributed by atoms with Crippen molar-refractivity contribution >= 4 is 11.9 Å². The van der Waals surface area contributed by atoms with Gasteiger partial charge in [0.25, 0.3) is 0 Å². The Hall–Kier alpha value is -1.13. The third kappa shape index (κ3) is 3.47. The van der Waals surface area contributed by atoms with Gasteiger partial charge in [-0.3, -0.25) is 14.0 Å². The molecule has 1 N–H and O–H groups in total. The number of carboxylic acids is 1. The van der Waals surface area contributed by atoms with Crippen molar-refractivity contribution < 1.29 is 23.8 Å². The standard InChI is InChI=1S/C11H19FO4/c1-3-6-11(9(13)14,7-5-8-12)10(15)16-4-2/h3-8H2,1-2H3,(H,13,14). The number of rotatable bonds is 8. The summed E-state index contributed by atoms with van der Waals surface area (Å²) in [5, 5.41) is 9.16. The van der Waals surface area contributed by atoms with Crippen LogP contribution in [-0.2, 0) is 14.3 Å². The average Bonchev–Trinajstić information content (AvgIpc) is 2.24. The van der Waals surface area contributed by atoms with Gasteiger partial charge in [-0.2, -0.15) is 0 Å². The van der Waals surface area contributed by atoms with Crippen LogP contribution in [0.2, 0.25) is 0 Å². The molecule has 0 radical (unpaired) electrons. The second kappa shape index (κ2) is 7.19. The van der Waals surface area contributed by atoms with E-state index in [4.69, 9.17) is 9.84 Å². The first-order valence-electron chi connectivity index (χ1n) is 5.51. The first kappa shape index (κ1) is 14.9. The lowest BCUT2D eigenvalue weighted by atomic mass is 9.79. The average molecular weight is 234 g/mol. The van der Waals surface area contributed by atoms with Crippen LogP contribution in [0.25, 0.3) is 0 Å². The Labute approximate surface area is 94.8 Å². The Balaban J connectivity index is 4.91. The van der Waals surface area contributed by atoms with Crippen LogP contribution in [0.1, 0.15) is 39.5 Å². The Bertz CT molecular complexity index is 242. The molecule has 1 atom stereocenters. The summed E-state index contributed by atoms with van der Waals surface area (Å²) < 4.78 is 16.9.